The zero-order chi connectivity index (χ0) is 13.8. The fourth-order valence-corrected chi connectivity index (χ4v) is 1.99. The second kappa shape index (κ2) is 5.95. The Morgan fingerprint density at radius 3 is 2.79 bits per heavy atom. The van der Waals surface area contributed by atoms with E-state index in [-0.39, 0.29) is 5.28 Å². The fraction of sp³-hybridized carbons (Fsp3) is 0. The van der Waals surface area contributed by atoms with E-state index in [1.54, 1.807) is 30.5 Å². The van der Waals surface area contributed by atoms with Crippen LogP contribution in [0.2, 0.25) is 5.28 Å². The highest BCUT2D eigenvalue weighted by atomic mass is 79.9. The van der Waals surface area contributed by atoms with Gasteiger partial charge in [0.25, 0.3) is 0 Å². The van der Waals surface area contributed by atoms with Gasteiger partial charge in [-0.1, -0.05) is 31.4 Å². The normalized spacial score (nSPS) is 11.4. The molecule has 4 nitrogen and oxygen atoms in total. The van der Waals surface area contributed by atoms with E-state index in [0.29, 0.717) is 21.9 Å². The van der Waals surface area contributed by atoms with Gasteiger partial charge < -0.3 is 4.42 Å². The van der Waals surface area contributed by atoms with Crippen LogP contribution in [0.3, 0.4) is 0 Å². The van der Waals surface area contributed by atoms with Crippen molar-refractivity contribution in [2.75, 3.05) is 0 Å². The van der Waals surface area contributed by atoms with Crippen LogP contribution < -0.4 is 0 Å². The molecule has 0 fully saturated rings. The molecule has 0 aliphatic carbocycles. The Morgan fingerprint density at radius 2 is 2.16 bits per heavy atom. The maximum absolute atomic E-state index is 5.75. The number of hydrogen-bond acceptors (Lipinski definition) is 4. The van der Waals surface area contributed by atoms with E-state index in [4.69, 9.17) is 16.0 Å². The van der Waals surface area contributed by atoms with Gasteiger partial charge in [0.15, 0.2) is 10.4 Å². The van der Waals surface area contributed by atoms with Gasteiger partial charge in [0.2, 0.25) is 11.2 Å². The van der Waals surface area contributed by atoms with Crippen molar-refractivity contribution in [3.05, 3.63) is 59.4 Å². The standard InChI is InChI=1S/C13H9BrClN3O/c1-3-5-8(4-2)12-18-11(14)10(19-12)9-6-7-16-13(15)17-9/h3-7H,1-2H2/b8-5+. The maximum Gasteiger partial charge on any atom is 0.227 e. The minimum Gasteiger partial charge on any atom is -0.433 e. The average Bonchev–Trinajstić information content (AvgIpc) is 2.78. The molecule has 0 radical (unpaired) electrons. The van der Waals surface area contributed by atoms with Crippen LogP contribution in [0.1, 0.15) is 5.89 Å². The zero-order valence-corrected chi connectivity index (χ0v) is 12.1. The van der Waals surface area contributed by atoms with Crippen LogP contribution in [0.4, 0.5) is 0 Å². The highest BCUT2D eigenvalue weighted by molar-refractivity contribution is 9.10. The van der Waals surface area contributed by atoms with Crippen LogP contribution in [0.25, 0.3) is 17.0 Å². The molecule has 2 aromatic rings. The quantitative estimate of drug-likeness (QED) is 0.616. The molecule has 2 rings (SSSR count). The third kappa shape index (κ3) is 3.00. The summed E-state index contributed by atoms with van der Waals surface area (Å²) in [6.45, 7) is 7.33. The molecule has 0 amide bonds. The number of halogens is 2. The molecule has 0 bridgehead atoms. The number of oxazole rings is 1. The smallest absolute Gasteiger partial charge is 0.227 e. The third-order valence-electron chi connectivity index (χ3n) is 2.21. The molecular formula is C13H9BrClN3O. The SMILES string of the molecule is C=C/C=C(\C=C)c1nc(Br)c(-c2ccnc(Cl)n2)o1. The largest absolute Gasteiger partial charge is 0.433 e. The molecule has 96 valence electrons. The van der Waals surface area contributed by atoms with Crippen molar-refractivity contribution in [2.45, 2.75) is 0 Å². The Bertz CT molecular complexity index is 664. The summed E-state index contributed by atoms with van der Waals surface area (Å²) in [5.41, 5.74) is 1.27. The molecule has 2 heterocycles. The van der Waals surface area contributed by atoms with Crippen molar-refractivity contribution in [3.8, 4) is 11.5 Å². The lowest BCUT2D eigenvalue weighted by molar-refractivity contribution is 0.554. The van der Waals surface area contributed by atoms with Crippen LogP contribution in [-0.4, -0.2) is 15.0 Å². The van der Waals surface area contributed by atoms with Gasteiger partial charge in [-0.2, -0.15) is 0 Å². The van der Waals surface area contributed by atoms with Crippen molar-refractivity contribution in [2.24, 2.45) is 0 Å². The van der Waals surface area contributed by atoms with Gasteiger partial charge in [0.05, 0.1) is 0 Å². The van der Waals surface area contributed by atoms with E-state index >= 15 is 0 Å². The van der Waals surface area contributed by atoms with Crippen molar-refractivity contribution in [3.63, 3.8) is 0 Å². The van der Waals surface area contributed by atoms with E-state index in [1.807, 2.05) is 0 Å². The molecule has 0 N–H and O–H groups in total. The molecule has 6 heteroatoms. The monoisotopic (exact) mass is 337 g/mol. The minimum atomic E-state index is 0.146. The van der Waals surface area contributed by atoms with Crippen LogP contribution in [0.15, 0.2) is 52.7 Å². The number of rotatable bonds is 4. The molecular weight excluding hydrogens is 330 g/mol. The molecule has 0 unspecified atom stereocenters. The lowest BCUT2D eigenvalue weighted by Gasteiger charge is -1.96. The van der Waals surface area contributed by atoms with Gasteiger partial charge in [0, 0.05) is 11.8 Å². The second-order valence-corrected chi connectivity index (χ2v) is 4.50. The molecule has 0 aromatic carbocycles. The van der Waals surface area contributed by atoms with Gasteiger partial charge in [-0.25, -0.2) is 15.0 Å². The summed E-state index contributed by atoms with van der Waals surface area (Å²) in [6, 6.07) is 1.69. The van der Waals surface area contributed by atoms with Crippen LogP contribution in [0, 0.1) is 0 Å². The molecule has 0 spiro atoms. The van der Waals surface area contributed by atoms with E-state index in [9.17, 15) is 0 Å². The number of aromatic nitrogens is 3. The molecule has 0 saturated heterocycles. The summed E-state index contributed by atoms with van der Waals surface area (Å²) in [5, 5.41) is 0.146. The predicted molar refractivity (Wildman–Crippen MR) is 78.6 cm³/mol. The number of hydrogen-bond donors (Lipinski definition) is 0. The summed E-state index contributed by atoms with van der Waals surface area (Å²) >= 11 is 9.08. The summed E-state index contributed by atoms with van der Waals surface area (Å²) in [5.74, 6) is 0.905. The Kier molecular flexibility index (Phi) is 4.29. The minimum absolute atomic E-state index is 0.146. The molecule has 0 atom stereocenters. The van der Waals surface area contributed by atoms with Gasteiger partial charge in [-0.3, -0.25) is 0 Å². The molecule has 0 saturated carbocycles. The topological polar surface area (TPSA) is 51.8 Å². The van der Waals surface area contributed by atoms with Crippen LogP contribution in [0.5, 0.6) is 0 Å². The van der Waals surface area contributed by atoms with Crippen LogP contribution in [-0.2, 0) is 0 Å². The van der Waals surface area contributed by atoms with Gasteiger partial charge in [-0.05, 0) is 33.6 Å². The Labute approximate surface area is 123 Å². The lowest BCUT2D eigenvalue weighted by Crippen LogP contribution is -1.85. The highest BCUT2D eigenvalue weighted by Crippen LogP contribution is 2.30. The predicted octanol–water partition coefficient (Wildman–Crippen LogP) is 4.30. The first-order chi connectivity index (χ1) is 9.15. The van der Waals surface area contributed by atoms with Crippen molar-refractivity contribution in [1.29, 1.82) is 0 Å². The Morgan fingerprint density at radius 1 is 1.37 bits per heavy atom. The van der Waals surface area contributed by atoms with Crippen molar-refractivity contribution in [1.82, 2.24) is 15.0 Å². The zero-order valence-electron chi connectivity index (χ0n) is 9.81. The second-order valence-electron chi connectivity index (χ2n) is 3.41. The molecule has 0 aliphatic rings. The molecule has 2 aromatic heterocycles. The van der Waals surface area contributed by atoms with Gasteiger partial charge >= 0.3 is 0 Å². The third-order valence-corrected chi connectivity index (χ3v) is 2.93. The Balaban J connectivity index is 2.50. The first-order valence-corrected chi connectivity index (χ1v) is 6.43. The lowest BCUT2D eigenvalue weighted by atomic mass is 10.2. The van der Waals surface area contributed by atoms with Gasteiger partial charge in [0.1, 0.15) is 5.69 Å². The van der Waals surface area contributed by atoms with Crippen LogP contribution >= 0.6 is 27.5 Å². The first-order valence-electron chi connectivity index (χ1n) is 5.26. The highest BCUT2D eigenvalue weighted by Gasteiger charge is 2.16. The number of allylic oxidation sites excluding steroid dienone is 4. The Hall–Kier alpha value is -1.72. The van der Waals surface area contributed by atoms with Crippen molar-refractivity contribution < 1.29 is 4.42 Å². The molecule has 19 heavy (non-hydrogen) atoms. The first kappa shape index (κ1) is 13.7. The maximum atomic E-state index is 5.75. The fourth-order valence-electron chi connectivity index (χ4n) is 1.40. The van der Waals surface area contributed by atoms with E-state index in [0.717, 1.165) is 5.57 Å². The van der Waals surface area contributed by atoms with Gasteiger partial charge in [-0.15, -0.1) is 0 Å². The molecule has 0 aliphatic heterocycles. The summed E-state index contributed by atoms with van der Waals surface area (Å²) < 4.78 is 6.20. The van der Waals surface area contributed by atoms with E-state index in [1.165, 1.54) is 0 Å². The average molecular weight is 339 g/mol. The van der Waals surface area contributed by atoms with Crippen molar-refractivity contribution >= 4 is 33.1 Å². The summed E-state index contributed by atoms with van der Waals surface area (Å²) in [4.78, 5) is 12.2. The number of nitrogens with zero attached hydrogens (tertiary/aromatic N) is 3. The van der Waals surface area contributed by atoms with E-state index in [2.05, 4.69) is 44.0 Å². The van der Waals surface area contributed by atoms with E-state index < -0.39 is 0 Å². The summed E-state index contributed by atoms with van der Waals surface area (Å²) in [7, 11) is 0. The summed E-state index contributed by atoms with van der Waals surface area (Å²) in [6.07, 6.45) is 6.57.